The standard InChI is InChI=1S/C31H34N2O7S/c1-5-8-18-40-23-15-11-21(12-16-23)26(34)24-25(20-9-13-22(14-10-20)39-17-6-2)33(29(36)27(24)35)31-32-19(4)28(41-31)30(37)38-7-3/h9-16,25,34H,5-8,17-18H2,1-4H3/t25-/m0/s1. The Hall–Kier alpha value is -4.18. The van der Waals surface area contributed by atoms with Crippen LogP contribution in [0.4, 0.5) is 5.13 Å². The van der Waals surface area contributed by atoms with E-state index in [0.717, 1.165) is 30.6 Å². The lowest BCUT2D eigenvalue weighted by atomic mass is 9.95. The summed E-state index contributed by atoms with van der Waals surface area (Å²) in [5.74, 6) is -1.30. The first-order valence-electron chi connectivity index (χ1n) is 13.7. The lowest BCUT2D eigenvalue weighted by Gasteiger charge is -2.23. The first-order chi connectivity index (χ1) is 19.8. The van der Waals surface area contributed by atoms with Crippen LogP contribution in [0, 0.1) is 6.92 Å². The number of amides is 1. The lowest BCUT2D eigenvalue weighted by Crippen LogP contribution is -2.29. The van der Waals surface area contributed by atoms with E-state index in [-0.39, 0.29) is 27.9 Å². The van der Waals surface area contributed by atoms with E-state index >= 15 is 0 Å². The molecule has 0 unspecified atom stereocenters. The average molecular weight is 579 g/mol. The summed E-state index contributed by atoms with van der Waals surface area (Å²) in [6.45, 7) is 8.73. The second kappa shape index (κ2) is 13.5. The number of ketones is 1. The van der Waals surface area contributed by atoms with E-state index in [4.69, 9.17) is 14.2 Å². The number of aromatic nitrogens is 1. The maximum atomic E-state index is 13.5. The fraction of sp³-hybridized carbons (Fsp3) is 0.355. The van der Waals surface area contributed by atoms with Crippen molar-refractivity contribution in [3.05, 3.63) is 75.8 Å². The number of hydrogen-bond acceptors (Lipinski definition) is 9. The topological polar surface area (TPSA) is 115 Å². The summed E-state index contributed by atoms with van der Waals surface area (Å²) in [5.41, 5.74) is 1.23. The van der Waals surface area contributed by atoms with Gasteiger partial charge in [0.1, 0.15) is 22.1 Å². The van der Waals surface area contributed by atoms with E-state index in [1.807, 2.05) is 6.92 Å². The number of esters is 1. The molecular weight excluding hydrogens is 544 g/mol. The van der Waals surface area contributed by atoms with Crippen LogP contribution in [0.2, 0.25) is 0 Å². The number of aliphatic hydroxyl groups excluding tert-OH is 1. The fourth-order valence-electron chi connectivity index (χ4n) is 4.38. The summed E-state index contributed by atoms with van der Waals surface area (Å²) in [6, 6.07) is 12.7. The molecule has 2 aromatic carbocycles. The van der Waals surface area contributed by atoms with E-state index in [0.29, 0.717) is 41.5 Å². The molecule has 2 heterocycles. The molecule has 0 saturated carbocycles. The van der Waals surface area contributed by atoms with Crippen LogP contribution in [0.15, 0.2) is 54.1 Å². The second-order valence-corrected chi connectivity index (χ2v) is 10.4. The number of Topliss-reactive ketones (excluding diaryl/α,β-unsaturated/α-hetero) is 1. The molecule has 3 aromatic rings. The van der Waals surface area contributed by atoms with Gasteiger partial charge in [0.25, 0.3) is 5.78 Å². The first kappa shape index (κ1) is 29.8. The summed E-state index contributed by atoms with van der Waals surface area (Å²) in [4.78, 5) is 45.4. The number of aliphatic hydroxyl groups is 1. The van der Waals surface area contributed by atoms with Gasteiger partial charge in [-0.3, -0.25) is 14.5 Å². The Balaban J connectivity index is 1.79. The molecular formula is C31H34N2O7S. The number of anilines is 1. The minimum absolute atomic E-state index is 0.0811. The Morgan fingerprint density at radius 3 is 2.20 bits per heavy atom. The molecule has 0 aliphatic carbocycles. The largest absolute Gasteiger partial charge is 0.507 e. The van der Waals surface area contributed by atoms with Gasteiger partial charge in [-0.2, -0.15) is 0 Å². The Morgan fingerprint density at radius 2 is 1.59 bits per heavy atom. The number of aryl methyl sites for hydroxylation is 1. The van der Waals surface area contributed by atoms with Crippen molar-refractivity contribution in [1.29, 1.82) is 0 Å². The van der Waals surface area contributed by atoms with E-state index in [9.17, 15) is 19.5 Å². The fourth-order valence-corrected chi connectivity index (χ4v) is 5.37. The highest BCUT2D eigenvalue weighted by Gasteiger charge is 2.48. The molecule has 216 valence electrons. The SMILES string of the molecule is CCCCOc1ccc(C(O)=C2C(=O)C(=O)N(c3nc(C)c(C(=O)OCC)s3)[C@H]2c2ccc(OCCC)cc2)cc1. The van der Waals surface area contributed by atoms with Crippen molar-refractivity contribution in [2.24, 2.45) is 0 Å². The number of unbranched alkanes of at least 4 members (excludes halogenated alkanes) is 1. The van der Waals surface area contributed by atoms with E-state index < -0.39 is 23.7 Å². The molecule has 0 radical (unpaired) electrons. The number of ether oxygens (including phenoxy) is 3. The van der Waals surface area contributed by atoms with Crippen molar-refractivity contribution in [3.63, 3.8) is 0 Å². The van der Waals surface area contributed by atoms with E-state index in [1.165, 1.54) is 4.90 Å². The molecule has 1 N–H and O–H groups in total. The van der Waals surface area contributed by atoms with E-state index in [1.54, 1.807) is 62.4 Å². The van der Waals surface area contributed by atoms with Crippen molar-refractivity contribution in [2.45, 2.75) is 53.0 Å². The molecule has 0 bridgehead atoms. The maximum absolute atomic E-state index is 13.5. The number of carbonyl (C=O) groups is 3. The van der Waals surface area contributed by atoms with Crippen LogP contribution in [-0.2, 0) is 14.3 Å². The number of nitrogens with zero attached hydrogens (tertiary/aromatic N) is 2. The molecule has 41 heavy (non-hydrogen) atoms. The Labute approximate surface area is 243 Å². The summed E-state index contributed by atoms with van der Waals surface area (Å²) in [6.07, 6.45) is 2.77. The monoisotopic (exact) mass is 578 g/mol. The molecule has 1 saturated heterocycles. The lowest BCUT2D eigenvalue weighted by molar-refractivity contribution is -0.132. The zero-order valence-electron chi connectivity index (χ0n) is 23.6. The number of hydrogen-bond donors (Lipinski definition) is 1. The normalized spacial score (nSPS) is 16.2. The number of benzene rings is 2. The molecule has 1 atom stereocenters. The van der Waals surface area contributed by atoms with Crippen molar-refractivity contribution < 1.29 is 33.7 Å². The van der Waals surface area contributed by atoms with Gasteiger partial charge in [-0.25, -0.2) is 9.78 Å². The minimum atomic E-state index is -0.990. The predicted molar refractivity (Wildman–Crippen MR) is 157 cm³/mol. The van der Waals surface area contributed by atoms with Crippen molar-refractivity contribution >= 4 is 39.9 Å². The molecule has 10 heteroatoms. The van der Waals surface area contributed by atoms with Gasteiger partial charge >= 0.3 is 11.9 Å². The predicted octanol–water partition coefficient (Wildman–Crippen LogP) is 6.22. The van der Waals surface area contributed by atoms with Gasteiger partial charge in [-0.1, -0.05) is 43.7 Å². The van der Waals surface area contributed by atoms with Gasteiger partial charge in [0.2, 0.25) is 0 Å². The van der Waals surface area contributed by atoms with E-state index in [2.05, 4.69) is 11.9 Å². The smallest absolute Gasteiger partial charge is 0.350 e. The quantitative estimate of drug-likeness (QED) is 0.0885. The number of thiazole rings is 1. The van der Waals surface area contributed by atoms with Crippen molar-refractivity contribution in [1.82, 2.24) is 4.98 Å². The number of carbonyl (C=O) groups excluding carboxylic acids is 3. The Bertz CT molecular complexity index is 1430. The van der Waals surface area contributed by atoms with Crippen LogP contribution in [0.25, 0.3) is 5.76 Å². The molecule has 1 fully saturated rings. The zero-order chi connectivity index (χ0) is 29.5. The molecule has 9 nitrogen and oxygen atoms in total. The zero-order valence-corrected chi connectivity index (χ0v) is 24.5. The minimum Gasteiger partial charge on any atom is -0.507 e. The highest BCUT2D eigenvalue weighted by atomic mass is 32.1. The van der Waals surface area contributed by atoms with Gasteiger partial charge in [-0.15, -0.1) is 0 Å². The third kappa shape index (κ3) is 6.43. The third-order valence-electron chi connectivity index (χ3n) is 6.46. The molecule has 1 aliphatic heterocycles. The first-order valence-corrected chi connectivity index (χ1v) is 14.5. The van der Waals surface area contributed by atoms with Crippen LogP contribution >= 0.6 is 11.3 Å². The average Bonchev–Trinajstić information content (AvgIpc) is 3.48. The van der Waals surface area contributed by atoms with Crippen LogP contribution in [0.5, 0.6) is 11.5 Å². The van der Waals surface area contributed by atoms with Gasteiger partial charge in [0.15, 0.2) is 5.13 Å². The van der Waals surface area contributed by atoms with Gasteiger partial charge in [0.05, 0.1) is 37.1 Å². The van der Waals surface area contributed by atoms with Crippen LogP contribution in [-0.4, -0.2) is 47.6 Å². The second-order valence-electron chi connectivity index (χ2n) is 9.44. The molecule has 0 spiro atoms. The molecule has 1 aliphatic rings. The highest BCUT2D eigenvalue weighted by molar-refractivity contribution is 7.17. The maximum Gasteiger partial charge on any atom is 0.350 e. The summed E-state index contributed by atoms with van der Waals surface area (Å²) < 4.78 is 16.6. The molecule has 4 rings (SSSR count). The third-order valence-corrected chi connectivity index (χ3v) is 7.60. The number of rotatable bonds is 12. The van der Waals surface area contributed by atoms with Crippen LogP contribution in [0.3, 0.4) is 0 Å². The van der Waals surface area contributed by atoms with Crippen LogP contribution in [0.1, 0.15) is 72.6 Å². The molecule has 1 amide bonds. The Kier molecular flexibility index (Phi) is 9.78. The van der Waals surface area contributed by atoms with Crippen LogP contribution < -0.4 is 14.4 Å². The van der Waals surface area contributed by atoms with Crippen molar-refractivity contribution in [2.75, 3.05) is 24.7 Å². The summed E-state index contributed by atoms with van der Waals surface area (Å²) in [5, 5.41) is 11.6. The summed E-state index contributed by atoms with van der Waals surface area (Å²) >= 11 is 0.966. The highest BCUT2D eigenvalue weighted by Crippen LogP contribution is 2.44. The Morgan fingerprint density at radius 1 is 0.951 bits per heavy atom. The van der Waals surface area contributed by atoms with Crippen molar-refractivity contribution in [3.8, 4) is 11.5 Å². The summed E-state index contributed by atoms with van der Waals surface area (Å²) in [7, 11) is 0. The molecule has 1 aromatic heterocycles. The van der Waals surface area contributed by atoms with Gasteiger partial charge in [-0.05, 0) is 68.7 Å². The van der Waals surface area contributed by atoms with Gasteiger partial charge < -0.3 is 19.3 Å². The van der Waals surface area contributed by atoms with Gasteiger partial charge in [0, 0.05) is 5.56 Å².